The highest BCUT2D eigenvalue weighted by Crippen LogP contribution is 2.21. The van der Waals surface area contributed by atoms with E-state index in [1.165, 1.54) is 24.3 Å². The Morgan fingerprint density at radius 2 is 1.48 bits per heavy atom. The van der Waals surface area contributed by atoms with Crippen LogP contribution in [0.15, 0.2) is 83.8 Å². The van der Waals surface area contributed by atoms with E-state index in [1.54, 1.807) is 30.3 Å². The predicted octanol–water partition coefficient (Wildman–Crippen LogP) is 3.67. The fourth-order valence-electron chi connectivity index (χ4n) is 2.48. The van der Waals surface area contributed by atoms with Gasteiger partial charge in [0.25, 0.3) is 10.0 Å². The first kappa shape index (κ1) is 20.2. The zero-order chi connectivity index (χ0) is 20.9. The van der Waals surface area contributed by atoms with Gasteiger partial charge in [0.15, 0.2) is 12.4 Å². The largest absolute Gasteiger partial charge is 0.454 e. The molecule has 148 valence electrons. The van der Waals surface area contributed by atoms with Gasteiger partial charge < -0.3 is 4.74 Å². The molecule has 0 spiro atoms. The monoisotopic (exact) mass is 413 g/mol. The molecule has 0 aliphatic heterocycles. The van der Waals surface area contributed by atoms with Crippen LogP contribution in [0.1, 0.15) is 20.7 Å². The summed E-state index contributed by atoms with van der Waals surface area (Å²) in [6, 6.07) is 18.4. The summed E-state index contributed by atoms with van der Waals surface area (Å²) >= 11 is 0. The van der Waals surface area contributed by atoms with E-state index in [9.17, 15) is 22.4 Å². The second-order valence-electron chi connectivity index (χ2n) is 5.97. The molecule has 3 rings (SSSR count). The normalized spacial score (nSPS) is 10.9. The highest BCUT2D eigenvalue weighted by atomic mass is 32.2. The van der Waals surface area contributed by atoms with Crippen LogP contribution >= 0.6 is 0 Å². The van der Waals surface area contributed by atoms with Crippen LogP contribution in [0.25, 0.3) is 0 Å². The number of nitrogens with one attached hydrogen (secondary N) is 1. The van der Waals surface area contributed by atoms with Crippen LogP contribution in [0, 0.1) is 5.82 Å². The number of hydrogen-bond acceptors (Lipinski definition) is 5. The van der Waals surface area contributed by atoms with Gasteiger partial charge in [-0.05, 0) is 36.4 Å². The second-order valence-corrected chi connectivity index (χ2v) is 7.65. The second kappa shape index (κ2) is 8.66. The SMILES string of the molecule is O=C(COC(=O)c1ccccc1NS(=O)(=O)c1ccc(F)cc1)c1ccccc1. The van der Waals surface area contributed by atoms with Crippen molar-refractivity contribution in [3.05, 3.63) is 95.8 Å². The summed E-state index contributed by atoms with van der Waals surface area (Å²) in [7, 11) is -4.05. The third-order valence-corrected chi connectivity index (χ3v) is 5.33. The number of sulfonamides is 1. The molecule has 3 aromatic carbocycles. The molecule has 0 amide bonds. The maximum atomic E-state index is 13.0. The third-order valence-electron chi connectivity index (χ3n) is 3.95. The molecule has 3 aromatic rings. The number of para-hydroxylation sites is 1. The topological polar surface area (TPSA) is 89.5 Å². The fourth-order valence-corrected chi connectivity index (χ4v) is 3.56. The number of hydrogen-bond donors (Lipinski definition) is 1. The van der Waals surface area contributed by atoms with Crippen molar-refractivity contribution in [3.8, 4) is 0 Å². The number of esters is 1. The smallest absolute Gasteiger partial charge is 0.340 e. The van der Waals surface area contributed by atoms with Gasteiger partial charge in [-0.3, -0.25) is 9.52 Å². The van der Waals surface area contributed by atoms with Crippen molar-refractivity contribution in [2.24, 2.45) is 0 Å². The molecule has 0 bridgehead atoms. The number of carbonyl (C=O) groups is 2. The fraction of sp³-hybridized carbons (Fsp3) is 0.0476. The summed E-state index contributed by atoms with van der Waals surface area (Å²) in [6.07, 6.45) is 0. The highest BCUT2D eigenvalue weighted by molar-refractivity contribution is 7.92. The molecular weight excluding hydrogens is 397 g/mol. The number of anilines is 1. The van der Waals surface area contributed by atoms with E-state index in [0.29, 0.717) is 5.56 Å². The number of carbonyl (C=O) groups excluding carboxylic acids is 2. The Morgan fingerprint density at radius 1 is 0.862 bits per heavy atom. The van der Waals surface area contributed by atoms with Gasteiger partial charge in [-0.2, -0.15) is 0 Å². The molecule has 0 heterocycles. The van der Waals surface area contributed by atoms with Crippen molar-refractivity contribution in [2.75, 3.05) is 11.3 Å². The van der Waals surface area contributed by atoms with Gasteiger partial charge in [0, 0.05) is 5.56 Å². The first-order chi connectivity index (χ1) is 13.9. The first-order valence-corrected chi connectivity index (χ1v) is 9.98. The molecule has 0 unspecified atom stereocenters. The number of Topliss-reactive ketones (excluding diaryl/α,β-unsaturated/α-hetero) is 1. The summed E-state index contributed by atoms with van der Waals surface area (Å²) in [4.78, 5) is 24.3. The summed E-state index contributed by atoms with van der Waals surface area (Å²) < 4.78 is 45.4. The number of ether oxygens (including phenoxy) is 1. The van der Waals surface area contributed by atoms with Crippen molar-refractivity contribution in [1.82, 2.24) is 0 Å². The van der Waals surface area contributed by atoms with E-state index < -0.39 is 28.4 Å². The molecule has 8 heteroatoms. The van der Waals surface area contributed by atoms with Crippen molar-refractivity contribution in [3.63, 3.8) is 0 Å². The maximum absolute atomic E-state index is 13.0. The summed E-state index contributed by atoms with van der Waals surface area (Å²) in [5.41, 5.74) is 0.318. The Labute approximate surface area is 167 Å². The van der Waals surface area contributed by atoms with E-state index >= 15 is 0 Å². The van der Waals surface area contributed by atoms with Gasteiger partial charge in [0.05, 0.1) is 16.1 Å². The minimum absolute atomic E-state index is 0.0195. The average molecular weight is 413 g/mol. The van der Waals surface area contributed by atoms with Crippen LogP contribution in [0.2, 0.25) is 0 Å². The Balaban J connectivity index is 1.75. The zero-order valence-corrected chi connectivity index (χ0v) is 15.9. The molecule has 0 fully saturated rings. The molecular formula is C21H16FNO5S. The maximum Gasteiger partial charge on any atom is 0.340 e. The summed E-state index contributed by atoms with van der Waals surface area (Å²) in [5, 5.41) is 0. The lowest BCUT2D eigenvalue weighted by Gasteiger charge is -2.12. The van der Waals surface area contributed by atoms with Gasteiger partial charge in [-0.1, -0.05) is 42.5 Å². The van der Waals surface area contributed by atoms with E-state index in [-0.39, 0.29) is 21.9 Å². The molecule has 6 nitrogen and oxygen atoms in total. The first-order valence-electron chi connectivity index (χ1n) is 8.49. The van der Waals surface area contributed by atoms with Gasteiger partial charge in [0.2, 0.25) is 0 Å². The summed E-state index contributed by atoms with van der Waals surface area (Å²) in [5.74, 6) is -1.81. The molecule has 0 aliphatic carbocycles. The lowest BCUT2D eigenvalue weighted by Crippen LogP contribution is -2.18. The van der Waals surface area contributed by atoms with Gasteiger partial charge in [0.1, 0.15) is 5.82 Å². The Kier molecular flexibility index (Phi) is 6.04. The quantitative estimate of drug-likeness (QED) is 0.472. The minimum Gasteiger partial charge on any atom is -0.454 e. The number of ketones is 1. The molecule has 0 saturated carbocycles. The van der Waals surface area contributed by atoms with Crippen molar-refractivity contribution >= 4 is 27.5 Å². The van der Waals surface area contributed by atoms with Crippen LogP contribution in [-0.4, -0.2) is 26.8 Å². The van der Waals surface area contributed by atoms with E-state index in [4.69, 9.17) is 4.74 Å². The summed E-state index contributed by atoms with van der Waals surface area (Å²) in [6.45, 7) is -0.484. The molecule has 0 radical (unpaired) electrons. The average Bonchev–Trinajstić information content (AvgIpc) is 2.73. The lowest BCUT2D eigenvalue weighted by atomic mass is 10.1. The van der Waals surface area contributed by atoms with Gasteiger partial charge in [-0.25, -0.2) is 17.6 Å². The lowest BCUT2D eigenvalue weighted by molar-refractivity contribution is 0.0476. The number of rotatable bonds is 7. The van der Waals surface area contributed by atoms with Crippen molar-refractivity contribution in [2.45, 2.75) is 4.90 Å². The molecule has 29 heavy (non-hydrogen) atoms. The van der Waals surface area contributed by atoms with Gasteiger partial charge in [-0.15, -0.1) is 0 Å². The van der Waals surface area contributed by atoms with E-state index in [0.717, 1.165) is 24.3 Å². The van der Waals surface area contributed by atoms with Crippen LogP contribution in [0.4, 0.5) is 10.1 Å². The molecule has 0 aromatic heterocycles. The molecule has 0 atom stereocenters. The van der Waals surface area contributed by atoms with Gasteiger partial charge >= 0.3 is 5.97 Å². The Morgan fingerprint density at radius 3 is 2.17 bits per heavy atom. The highest BCUT2D eigenvalue weighted by Gasteiger charge is 2.20. The molecule has 1 N–H and O–H groups in total. The van der Waals surface area contributed by atoms with Crippen LogP contribution < -0.4 is 4.72 Å². The third kappa shape index (κ3) is 5.05. The Bertz CT molecular complexity index is 1130. The molecule has 0 aliphatic rings. The van der Waals surface area contributed by atoms with Crippen molar-refractivity contribution < 1.29 is 27.1 Å². The van der Waals surface area contributed by atoms with E-state index in [1.807, 2.05) is 0 Å². The zero-order valence-electron chi connectivity index (χ0n) is 15.0. The van der Waals surface area contributed by atoms with E-state index in [2.05, 4.69) is 4.72 Å². The Hall–Kier alpha value is -3.52. The predicted molar refractivity (Wildman–Crippen MR) is 105 cm³/mol. The standard InChI is InChI=1S/C21H16FNO5S/c22-16-10-12-17(13-11-16)29(26,27)23-19-9-5-4-8-18(19)21(25)28-14-20(24)15-6-2-1-3-7-15/h1-13,23H,14H2. The van der Waals surface area contributed by atoms with Crippen LogP contribution in [-0.2, 0) is 14.8 Å². The minimum atomic E-state index is -4.05. The van der Waals surface area contributed by atoms with Crippen LogP contribution in [0.3, 0.4) is 0 Å². The number of halogens is 1. The van der Waals surface area contributed by atoms with Crippen molar-refractivity contribution in [1.29, 1.82) is 0 Å². The number of benzene rings is 3. The molecule has 0 saturated heterocycles. The van der Waals surface area contributed by atoms with Crippen LogP contribution in [0.5, 0.6) is 0 Å².